The molecular weight excluding hydrogens is 182 g/mol. The molecule has 0 radical (unpaired) electrons. The van der Waals surface area contributed by atoms with Gasteiger partial charge in [0.25, 0.3) is 0 Å². The minimum absolute atomic E-state index is 0.102. The standard InChI is InChI=1S/C8H15N5O/c1-6(2)3-10-8(14)5-13-11-4-7(9)12-13/h4,6H,3,5H2,1-2H3,(H2,9,12)(H,10,14). The highest BCUT2D eigenvalue weighted by atomic mass is 16.2. The fourth-order valence-corrected chi connectivity index (χ4v) is 0.889. The molecule has 1 aromatic heterocycles. The number of nitrogens with one attached hydrogen (secondary N) is 1. The lowest BCUT2D eigenvalue weighted by Gasteiger charge is -2.06. The smallest absolute Gasteiger partial charge is 0.243 e. The van der Waals surface area contributed by atoms with Crippen molar-refractivity contribution in [3.63, 3.8) is 0 Å². The maximum absolute atomic E-state index is 11.3. The first-order chi connectivity index (χ1) is 6.58. The van der Waals surface area contributed by atoms with Gasteiger partial charge in [-0.25, -0.2) is 0 Å². The molecule has 0 spiro atoms. The third kappa shape index (κ3) is 3.42. The van der Waals surface area contributed by atoms with Crippen LogP contribution in [0.5, 0.6) is 0 Å². The fourth-order valence-electron chi connectivity index (χ4n) is 0.889. The average Bonchev–Trinajstić information content (AvgIpc) is 2.48. The summed E-state index contributed by atoms with van der Waals surface area (Å²) in [5.74, 6) is 0.658. The molecule has 78 valence electrons. The van der Waals surface area contributed by atoms with Gasteiger partial charge in [0.1, 0.15) is 6.54 Å². The van der Waals surface area contributed by atoms with Crippen LogP contribution in [-0.4, -0.2) is 27.4 Å². The van der Waals surface area contributed by atoms with Crippen LogP contribution in [0.2, 0.25) is 0 Å². The molecule has 3 N–H and O–H groups in total. The van der Waals surface area contributed by atoms with Crippen LogP contribution in [0.25, 0.3) is 0 Å². The van der Waals surface area contributed by atoms with Crippen molar-refractivity contribution in [1.82, 2.24) is 20.3 Å². The summed E-state index contributed by atoms with van der Waals surface area (Å²) in [6.45, 7) is 4.84. The molecule has 0 aliphatic rings. The lowest BCUT2D eigenvalue weighted by Crippen LogP contribution is -2.31. The van der Waals surface area contributed by atoms with E-state index in [2.05, 4.69) is 15.5 Å². The van der Waals surface area contributed by atoms with Crippen molar-refractivity contribution in [3.8, 4) is 0 Å². The Hall–Kier alpha value is -1.59. The van der Waals surface area contributed by atoms with Crippen molar-refractivity contribution in [2.45, 2.75) is 20.4 Å². The summed E-state index contributed by atoms with van der Waals surface area (Å²) in [4.78, 5) is 12.5. The zero-order chi connectivity index (χ0) is 10.6. The Bertz CT molecular complexity index is 306. The van der Waals surface area contributed by atoms with Gasteiger partial charge in [0, 0.05) is 6.54 Å². The Morgan fingerprint density at radius 2 is 2.43 bits per heavy atom. The first kappa shape index (κ1) is 10.5. The fraction of sp³-hybridized carbons (Fsp3) is 0.625. The molecule has 0 aromatic carbocycles. The molecule has 1 rings (SSSR count). The average molecular weight is 197 g/mol. The number of hydrogen-bond donors (Lipinski definition) is 2. The van der Waals surface area contributed by atoms with E-state index in [9.17, 15) is 4.79 Å². The molecule has 6 nitrogen and oxygen atoms in total. The minimum atomic E-state index is -0.102. The van der Waals surface area contributed by atoms with Gasteiger partial charge >= 0.3 is 0 Å². The van der Waals surface area contributed by atoms with Gasteiger partial charge < -0.3 is 11.1 Å². The van der Waals surface area contributed by atoms with Crippen LogP contribution in [0, 0.1) is 5.92 Å². The first-order valence-corrected chi connectivity index (χ1v) is 4.50. The maximum Gasteiger partial charge on any atom is 0.243 e. The Morgan fingerprint density at radius 3 is 2.93 bits per heavy atom. The van der Waals surface area contributed by atoms with E-state index in [1.54, 1.807) is 0 Å². The highest BCUT2D eigenvalue weighted by molar-refractivity contribution is 5.75. The lowest BCUT2D eigenvalue weighted by atomic mass is 10.2. The van der Waals surface area contributed by atoms with Crippen LogP contribution in [0.4, 0.5) is 5.82 Å². The summed E-state index contributed by atoms with van der Waals surface area (Å²) in [6, 6.07) is 0. The van der Waals surface area contributed by atoms with Crippen LogP contribution in [0.3, 0.4) is 0 Å². The predicted molar refractivity (Wildman–Crippen MR) is 52.3 cm³/mol. The van der Waals surface area contributed by atoms with Crippen molar-refractivity contribution in [1.29, 1.82) is 0 Å². The molecule has 0 saturated carbocycles. The molecule has 1 heterocycles. The summed E-state index contributed by atoms with van der Waals surface area (Å²) >= 11 is 0. The minimum Gasteiger partial charge on any atom is -0.381 e. The van der Waals surface area contributed by atoms with Crippen molar-refractivity contribution < 1.29 is 4.79 Å². The molecule has 0 aliphatic carbocycles. The maximum atomic E-state index is 11.3. The van der Waals surface area contributed by atoms with Crippen molar-refractivity contribution in [2.24, 2.45) is 5.92 Å². The summed E-state index contributed by atoms with van der Waals surface area (Å²) < 4.78 is 0. The molecule has 1 amide bonds. The molecular formula is C8H15N5O. The SMILES string of the molecule is CC(C)CNC(=O)Cn1ncc(N)n1. The van der Waals surface area contributed by atoms with Crippen LogP contribution in [-0.2, 0) is 11.3 Å². The molecule has 1 aromatic rings. The highest BCUT2D eigenvalue weighted by Gasteiger charge is 2.04. The second kappa shape index (κ2) is 4.59. The number of nitrogen functional groups attached to an aromatic ring is 1. The number of hydrogen-bond acceptors (Lipinski definition) is 4. The van der Waals surface area contributed by atoms with Gasteiger partial charge in [-0.2, -0.15) is 9.90 Å². The predicted octanol–water partition coefficient (Wildman–Crippen LogP) is -0.367. The summed E-state index contributed by atoms with van der Waals surface area (Å²) in [7, 11) is 0. The van der Waals surface area contributed by atoms with Gasteiger partial charge in [-0.3, -0.25) is 4.79 Å². The van der Waals surface area contributed by atoms with E-state index in [4.69, 9.17) is 5.73 Å². The van der Waals surface area contributed by atoms with E-state index >= 15 is 0 Å². The van der Waals surface area contributed by atoms with E-state index in [1.165, 1.54) is 11.0 Å². The van der Waals surface area contributed by atoms with Crippen LogP contribution in [0.1, 0.15) is 13.8 Å². The van der Waals surface area contributed by atoms with Gasteiger partial charge in [-0.1, -0.05) is 13.8 Å². The third-order valence-corrected chi connectivity index (χ3v) is 1.55. The molecule has 0 aliphatic heterocycles. The van der Waals surface area contributed by atoms with Crippen LogP contribution in [0.15, 0.2) is 6.20 Å². The van der Waals surface area contributed by atoms with Gasteiger partial charge in [0.2, 0.25) is 5.91 Å². The number of amides is 1. The van der Waals surface area contributed by atoms with Gasteiger partial charge in [0.05, 0.1) is 6.20 Å². The summed E-state index contributed by atoms with van der Waals surface area (Å²) in [6.07, 6.45) is 1.41. The van der Waals surface area contributed by atoms with Crippen molar-refractivity contribution in [2.75, 3.05) is 12.3 Å². The van der Waals surface area contributed by atoms with E-state index in [1.807, 2.05) is 13.8 Å². The van der Waals surface area contributed by atoms with E-state index < -0.39 is 0 Å². The van der Waals surface area contributed by atoms with Crippen LogP contribution < -0.4 is 11.1 Å². The number of carbonyl (C=O) groups is 1. The molecule has 0 fully saturated rings. The highest BCUT2D eigenvalue weighted by Crippen LogP contribution is 1.91. The normalized spacial score (nSPS) is 10.5. The Balaban J connectivity index is 2.34. The van der Waals surface area contributed by atoms with E-state index in [0.717, 1.165) is 0 Å². The number of anilines is 1. The Kier molecular flexibility index (Phi) is 3.44. The van der Waals surface area contributed by atoms with Crippen molar-refractivity contribution >= 4 is 11.7 Å². The lowest BCUT2D eigenvalue weighted by molar-refractivity contribution is -0.122. The number of nitrogens with zero attached hydrogens (tertiary/aromatic N) is 3. The molecule has 0 saturated heterocycles. The topological polar surface area (TPSA) is 85.8 Å². The molecule has 0 bridgehead atoms. The van der Waals surface area contributed by atoms with Gasteiger partial charge in [0.15, 0.2) is 5.82 Å². The molecule has 6 heteroatoms. The summed E-state index contributed by atoms with van der Waals surface area (Å²) in [5.41, 5.74) is 5.35. The number of nitrogens with two attached hydrogens (primary N) is 1. The largest absolute Gasteiger partial charge is 0.381 e. The molecule has 14 heavy (non-hydrogen) atoms. The van der Waals surface area contributed by atoms with Gasteiger partial charge in [-0.15, -0.1) is 5.10 Å². The second-order valence-electron chi connectivity index (χ2n) is 3.50. The Morgan fingerprint density at radius 1 is 1.71 bits per heavy atom. The summed E-state index contributed by atoms with van der Waals surface area (Å²) in [5, 5.41) is 10.4. The number of carbonyl (C=O) groups excluding carboxylic acids is 1. The molecule has 0 atom stereocenters. The van der Waals surface area contributed by atoms with E-state index in [0.29, 0.717) is 18.3 Å². The quantitative estimate of drug-likeness (QED) is 0.689. The monoisotopic (exact) mass is 197 g/mol. The first-order valence-electron chi connectivity index (χ1n) is 4.50. The zero-order valence-corrected chi connectivity index (χ0v) is 8.40. The number of rotatable bonds is 4. The third-order valence-electron chi connectivity index (χ3n) is 1.55. The second-order valence-corrected chi connectivity index (χ2v) is 3.50. The Labute approximate surface area is 82.5 Å². The zero-order valence-electron chi connectivity index (χ0n) is 8.40. The van der Waals surface area contributed by atoms with Crippen molar-refractivity contribution in [3.05, 3.63) is 6.20 Å². The molecule has 0 unspecified atom stereocenters. The number of aromatic nitrogens is 3. The van der Waals surface area contributed by atoms with E-state index in [-0.39, 0.29) is 12.5 Å². The van der Waals surface area contributed by atoms with Crippen LogP contribution >= 0.6 is 0 Å². The van der Waals surface area contributed by atoms with Gasteiger partial charge in [-0.05, 0) is 5.92 Å².